The lowest BCUT2D eigenvalue weighted by molar-refractivity contribution is 0.228. The number of aromatic amines is 1. The number of piperidine rings is 1. The Morgan fingerprint density at radius 3 is 2.80 bits per heavy atom. The molecule has 0 saturated carbocycles. The van der Waals surface area contributed by atoms with E-state index in [1.165, 1.54) is 0 Å². The van der Waals surface area contributed by atoms with E-state index < -0.39 is 5.76 Å². The molecule has 0 amide bonds. The monoisotopic (exact) mass is 213 g/mol. The van der Waals surface area contributed by atoms with E-state index in [1.54, 1.807) is 0 Å². The van der Waals surface area contributed by atoms with Gasteiger partial charge in [-0.2, -0.15) is 0 Å². The van der Waals surface area contributed by atoms with Crippen LogP contribution in [0.1, 0.15) is 38.5 Å². The summed E-state index contributed by atoms with van der Waals surface area (Å²) in [5, 5.41) is 6.13. The van der Waals surface area contributed by atoms with Gasteiger partial charge in [0.2, 0.25) is 5.89 Å². The van der Waals surface area contributed by atoms with E-state index >= 15 is 0 Å². The minimum absolute atomic E-state index is 0.276. The highest BCUT2D eigenvalue weighted by molar-refractivity contribution is 4.92. The van der Waals surface area contributed by atoms with E-state index in [-0.39, 0.29) is 5.92 Å². The van der Waals surface area contributed by atoms with E-state index in [0.717, 1.165) is 25.9 Å². The average Bonchev–Trinajstić information content (AvgIpc) is 2.68. The second-order valence-corrected chi connectivity index (χ2v) is 3.55. The lowest BCUT2D eigenvalue weighted by Crippen LogP contribution is -2.30. The van der Waals surface area contributed by atoms with Gasteiger partial charge in [0.1, 0.15) is 0 Å². The fraction of sp³-hybridized carbons (Fsp3) is 0.800. The van der Waals surface area contributed by atoms with Gasteiger partial charge in [0, 0.05) is 6.54 Å². The van der Waals surface area contributed by atoms with Gasteiger partial charge in [0.15, 0.2) is 0 Å². The molecule has 0 spiro atoms. The number of nitrogens with one attached hydrogen (secondary N) is 1. The maximum Gasteiger partial charge on any atom is 0.434 e. The molecule has 1 N–H and O–H groups in total. The fourth-order valence-electron chi connectivity index (χ4n) is 1.78. The highest BCUT2D eigenvalue weighted by Gasteiger charge is 2.22. The van der Waals surface area contributed by atoms with Crippen LogP contribution < -0.4 is 5.76 Å². The van der Waals surface area contributed by atoms with Crippen molar-refractivity contribution >= 4 is 0 Å². The molecule has 86 valence electrons. The molecule has 1 saturated heterocycles. The molecule has 0 aromatic carbocycles. The first-order valence-electron chi connectivity index (χ1n) is 5.49. The minimum atomic E-state index is -0.455. The summed E-state index contributed by atoms with van der Waals surface area (Å²) in [5.74, 6) is 0.373. The van der Waals surface area contributed by atoms with Crippen LogP contribution in [0.15, 0.2) is 9.21 Å². The van der Waals surface area contributed by atoms with Crippen molar-refractivity contribution in [3.63, 3.8) is 0 Å². The number of aromatic nitrogens is 2. The first-order valence-corrected chi connectivity index (χ1v) is 5.49. The predicted octanol–water partition coefficient (Wildman–Crippen LogP) is 1.20. The third-order valence-electron chi connectivity index (χ3n) is 2.43. The maximum atomic E-state index is 10.7. The van der Waals surface area contributed by atoms with Crippen LogP contribution in [0.2, 0.25) is 0 Å². The molecule has 1 unspecified atom stereocenters. The molecule has 15 heavy (non-hydrogen) atoms. The van der Waals surface area contributed by atoms with Crippen molar-refractivity contribution in [2.45, 2.75) is 32.6 Å². The molecule has 2 heterocycles. The summed E-state index contributed by atoms with van der Waals surface area (Å²) in [6.45, 7) is 6.04. The summed E-state index contributed by atoms with van der Waals surface area (Å²) in [4.78, 5) is 12.9. The van der Waals surface area contributed by atoms with Crippen molar-refractivity contribution in [2.75, 3.05) is 20.1 Å². The van der Waals surface area contributed by atoms with Crippen molar-refractivity contribution in [1.82, 2.24) is 15.1 Å². The van der Waals surface area contributed by atoms with Crippen molar-refractivity contribution < 1.29 is 4.42 Å². The number of nitrogens with zero attached hydrogens (tertiary/aromatic N) is 2. The molecule has 2 rings (SSSR count). The quantitative estimate of drug-likeness (QED) is 0.761. The number of likely N-dealkylation sites (tertiary alicyclic amines) is 1. The standard InChI is InChI=1S/C8H13N3O2.C2H6/c1-11-4-2-3-6(5-11)7-9-10-8(12)13-7;1-2/h6H,2-5H2,1H3,(H,10,12);1-2H3. The van der Waals surface area contributed by atoms with Gasteiger partial charge in [0.25, 0.3) is 0 Å². The van der Waals surface area contributed by atoms with Crippen molar-refractivity contribution in [1.29, 1.82) is 0 Å². The topological polar surface area (TPSA) is 62.1 Å². The van der Waals surface area contributed by atoms with Crippen molar-refractivity contribution in [2.24, 2.45) is 0 Å². The van der Waals surface area contributed by atoms with Crippen LogP contribution in [0.25, 0.3) is 0 Å². The van der Waals surface area contributed by atoms with Crippen LogP contribution >= 0.6 is 0 Å². The van der Waals surface area contributed by atoms with Gasteiger partial charge in [-0.05, 0) is 26.4 Å². The number of likely N-dealkylation sites (N-methyl/N-ethyl adjacent to an activating group) is 1. The van der Waals surface area contributed by atoms with Gasteiger partial charge in [-0.15, -0.1) is 5.10 Å². The van der Waals surface area contributed by atoms with E-state index in [9.17, 15) is 4.79 Å². The van der Waals surface area contributed by atoms with Gasteiger partial charge in [0.05, 0.1) is 5.92 Å². The third-order valence-corrected chi connectivity index (χ3v) is 2.43. The normalized spacial score (nSPS) is 21.9. The Hall–Kier alpha value is -1.10. The lowest BCUT2D eigenvalue weighted by Gasteiger charge is -2.27. The first kappa shape index (κ1) is 12.0. The Balaban J connectivity index is 0.000000531. The maximum absolute atomic E-state index is 10.7. The van der Waals surface area contributed by atoms with Gasteiger partial charge in [-0.1, -0.05) is 13.8 Å². The number of rotatable bonds is 1. The molecule has 5 nitrogen and oxygen atoms in total. The smallest absolute Gasteiger partial charge is 0.392 e. The summed E-state index contributed by atoms with van der Waals surface area (Å²) >= 11 is 0. The Kier molecular flexibility index (Phi) is 4.55. The molecule has 0 bridgehead atoms. The molecule has 5 heteroatoms. The van der Waals surface area contributed by atoms with Gasteiger partial charge >= 0.3 is 5.76 Å². The van der Waals surface area contributed by atoms with Crippen LogP contribution in [-0.2, 0) is 0 Å². The zero-order valence-electron chi connectivity index (χ0n) is 9.62. The van der Waals surface area contributed by atoms with E-state index in [1.807, 2.05) is 13.8 Å². The molecule has 1 atom stereocenters. The largest absolute Gasteiger partial charge is 0.434 e. The Labute approximate surface area is 89.5 Å². The molecule has 0 aliphatic carbocycles. The molecule has 1 fully saturated rings. The summed E-state index contributed by atoms with van der Waals surface area (Å²) in [5.41, 5.74) is 0. The molecule has 1 aliphatic heterocycles. The summed E-state index contributed by atoms with van der Waals surface area (Å²) in [6, 6.07) is 0. The molecule has 1 aliphatic rings. The van der Waals surface area contributed by atoms with Gasteiger partial charge in [-0.25, -0.2) is 9.89 Å². The zero-order valence-corrected chi connectivity index (χ0v) is 9.62. The molecule has 0 radical (unpaired) electrons. The van der Waals surface area contributed by atoms with E-state index in [2.05, 4.69) is 22.1 Å². The van der Waals surface area contributed by atoms with E-state index in [4.69, 9.17) is 4.42 Å². The lowest BCUT2D eigenvalue weighted by atomic mass is 9.99. The average molecular weight is 213 g/mol. The fourth-order valence-corrected chi connectivity index (χ4v) is 1.78. The van der Waals surface area contributed by atoms with Crippen LogP contribution in [0, 0.1) is 0 Å². The van der Waals surface area contributed by atoms with Crippen LogP contribution in [0.3, 0.4) is 0 Å². The van der Waals surface area contributed by atoms with Crippen LogP contribution in [0.5, 0.6) is 0 Å². The Morgan fingerprint density at radius 2 is 2.27 bits per heavy atom. The first-order chi connectivity index (χ1) is 7.25. The zero-order chi connectivity index (χ0) is 11.3. The highest BCUT2D eigenvalue weighted by atomic mass is 16.4. The van der Waals surface area contributed by atoms with Crippen LogP contribution in [0.4, 0.5) is 0 Å². The Morgan fingerprint density at radius 1 is 1.53 bits per heavy atom. The van der Waals surface area contributed by atoms with Crippen LogP contribution in [-0.4, -0.2) is 35.2 Å². The molecular weight excluding hydrogens is 194 g/mol. The summed E-state index contributed by atoms with van der Waals surface area (Å²) in [6.07, 6.45) is 2.19. The summed E-state index contributed by atoms with van der Waals surface area (Å²) in [7, 11) is 2.07. The third kappa shape index (κ3) is 3.20. The van der Waals surface area contributed by atoms with Gasteiger partial charge in [-0.3, -0.25) is 0 Å². The van der Waals surface area contributed by atoms with E-state index in [0.29, 0.717) is 5.89 Å². The van der Waals surface area contributed by atoms with Gasteiger partial charge < -0.3 is 9.32 Å². The van der Waals surface area contributed by atoms with Crippen molar-refractivity contribution in [3.8, 4) is 0 Å². The molecule has 1 aromatic rings. The predicted molar refractivity (Wildman–Crippen MR) is 57.9 cm³/mol. The molecular formula is C10H19N3O2. The van der Waals surface area contributed by atoms with Crippen molar-refractivity contribution in [3.05, 3.63) is 16.4 Å². The minimum Gasteiger partial charge on any atom is -0.392 e. The second-order valence-electron chi connectivity index (χ2n) is 3.55. The SMILES string of the molecule is CC.CN1CCCC(c2n[nH]c(=O)o2)C1. The number of H-pyrrole nitrogens is 1. The second kappa shape index (κ2) is 5.70. The summed E-state index contributed by atoms with van der Waals surface area (Å²) < 4.78 is 4.92. The number of hydrogen-bond donors (Lipinski definition) is 1. The molecule has 1 aromatic heterocycles. The Bertz CT molecular complexity index is 331. The highest BCUT2D eigenvalue weighted by Crippen LogP contribution is 2.23. The number of hydrogen-bond acceptors (Lipinski definition) is 4.